The molecule has 0 amide bonds. The molecule has 1 rings (SSSR count). The number of anilines is 1. The van der Waals surface area contributed by atoms with Crippen molar-refractivity contribution in [3.63, 3.8) is 0 Å². The third-order valence-corrected chi connectivity index (χ3v) is 1.80. The summed E-state index contributed by atoms with van der Waals surface area (Å²) in [4.78, 5) is 0. The van der Waals surface area contributed by atoms with Crippen molar-refractivity contribution < 1.29 is 9.84 Å². The fourth-order valence-electron chi connectivity index (χ4n) is 1.11. The lowest BCUT2D eigenvalue weighted by Gasteiger charge is -2.05. The Labute approximate surface area is 89.5 Å². The minimum Gasteiger partial charge on any atom is -0.394 e. The fraction of sp³-hybridized carbons (Fsp3) is 0.600. The van der Waals surface area contributed by atoms with Crippen molar-refractivity contribution in [1.29, 1.82) is 0 Å². The molecule has 0 aliphatic heterocycles. The number of aliphatic hydroxyl groups is 1. The first-order chi connectivity index (χ1) is 7.33. The molecule has 84 valence electrons. The van der Waals surface area contributed by atoms with Gasteiger partial charge < -0.3 is 15.2 Å². The molecule has 5 heteroatoms. The van der Waals surface area contributed by atoms with E-state index < -0.39 is 0 Å². The van der Waals surface area contributed by atoms with Crippen LogP contribution >= 0.6 is 0 Å². The smallest absolute Gasteiger partial charge is 0.148 e. The van der Waals surface area contributed by atoms with Crippen molar-refractivity contribution in [2.45, 2.75) is 13.3 Å². The molecule has 1 aromatic heterocycles. The second kappa shape index (κ2) is 7.14. The Balaban J connectivity index is 2.10. The summed E-state index contributed by atoms with van der Waals surface area (Å²) in [7, 11) is 0. The molecule has 0 saturated carbocycles. The maximum atomic E-state index is 8.47. The van der Waals surface area contributed by atoms with Crippen LogP contribution in [0.1, 0.15) is 12.0 Å². The topological polar surface area (TPSA) is 67.3 Å². The number of hydrogen-bond donors (Lipinski definition) is 2. The third-order valence-electron chi connectivity index (χ3n) is 1.80. The van der Waals surface area contributed by atoms with Crippen molar-refractivity contribution in [3.8, 4) is 0 Å². The summed E-state index contributed by atoms with van der Waals surface area (Å²) < 4.78 is 5.12. The van der Waals surface area contributed by atoms with E-state index in [1.165, 1.54) is 0 Å². The monoisotopic (exact) mass is 211 g/mol. The number of aryl methyl sites for hydroxylation is 1. The van der Waals surface area contributed by atoms with Crippen molar-refractivity contribution in [2.24, 2.45) is 0 Å². The first-order valence-electron chi connectivity index (χ1n) is 5.04. The predicted octanol–water partition coefficient (Wildman–Crippen LogP) is 0.596. The highest BCUT2D eigenvalue weighted by molar-refractivity contribution is 5.34. The summed E-state index contributed by atoms with van der Waals surface area (Å²) in [6, 6.07) is 1.95. The Morgan fingerprint density at radius 2 is 2.33 bits per heavy atom. The van der Waals surface area contributed by atoms with Crippen LogP contribution in [0.3, 0.4) is 0 Å². The summed E-state index contributed by atoms with van der Waals surface area (Å²) in [5.41, 5.74) is 1.09. The highest BCUT2D eigenvalue weighted by atomic mass is 16.5. The summed E-state index contributed by atoms with van der Waals surface area (Å²) >= 11 is 0. The van der Waals surface area contributed by atoms with Crippen LogP contribution in [0.2, 0.25) is 0 Å². The van der Waals surface area contributed by atoms with Crippen LogP contribution < -0.4 is 5.32 Å². The van der Waals surface area contributed by atoms with Crippen molar-refractivity contribution >= 4 is 5.82 Å². The van der Waals surface area contributed by atoms with Crippen LogP contribution in [0, 0.1) is 6.92 Å². The highest BCUT2D eigenvalue weighted by Crippen LogP contribution is 2.02. The standard InChI is InChI=1S/C10H17N3O2/c1-9-7-10(13-12-8-9)11-3-2-5-15-6-4-14/h7-8,14H,2-6H2,1H3,(H,11,13). The van der Waals surface area contributed by atoms with Gasteiger partial charge in [-0.3, -0.25) is 0 Å². The number of nitrogens with one attached hydrogen (secondary N) is 1. The highest BCUT2D eigenvalue weighted by Gasteiger charge is 1.94. The van der Waals surface area contributed by atoms with Gasteiger partial charge in [0.05, 0.1) is 19.4 Å². The number of hydrogen-bond acceptors (Lipinski definition) is 5. The van der Waals surface area contributed by atoms with Gasteiger partial charge in [-0.15, -0.1) is 5.10 Å². The van der Waals surface area contributed by atoms with Gasteiger partial charge in [-0.2, -0.15) is 5.10 Å². The summed E-state index contributed by atoms with van der Waals surface area (Å²) in [6.07, 6.45) is 2.60. The Kier molecular flexibility index (Phi) is 5.65. The number of nitrogens with zero attached hydrogens (tertiary/aromatic N) is 2. The molecule has 0 aromatic carbocycles. The van der Waals surface area contributed by atoms with Gasteiger partial charge in [0.15, 0.2) is 0 Å². The van der Waals surface area contributed by atoms with E-state index in [4.69, 9.17) is 9.84 Å². The zero-order chi connectivity index (χ0) is 10.9. The van der Waals surface area contributed by atoms with Gasteiger partial charge >= 0.3 is 0 Å². The van der Waals surface area contributed by atoms with E-state index in [1.807, 2.05) is 13.0 Å². The van der Waals surface area contributed by atoms with Crippen LogP contribution in [-0.4, -0.2) is 41.7 Å². The first kappa shape index (κ1) is 11.9. The van der Waals surface area contributed by atoms with Crippen LogP contribution in [-0.2, 0) is 4.74 Å². The predicted molar refractivity (Wildman–Crippen MR) is 57.8 cm³/mol. The molecular weight excluding hydrogens is 194 g/mol. The molecule has 1 aromatic rings. The summed E-state index contributed by atoms with van der Waals surface area (Å²) in [5.74, 6) is 0.789. The maximum Gasteiger partial charge on any atom is 0.148 e. The molecule has 0 fully saturated rings. The molecule has 0 bridgehead atoms. The van der Waals surface area contributed by atoms with Gasteiger partial charge in [0.1, 0.15) is 5.82 Å². The number of aromatic nitrogens is 2. The van der Waals surface area contributed by atoms with Crippen molar-refractivity contribution in [3.05, 3.63) is 17.8 Å². The van der Waals surface area contributed by atoms with Gasteiger partial charge in [0.2, 0.25) is 0 Å². The molecule has 0 aliphatic carbocycles. The number of rotatable bonds is 7. The third kappa shape index (κ3) is 5.29. The molecule has 1 heterocycles. The zero-order valence-corrected chi connectivity index (χ0v) is 8.94. The Bertz CT molecular complexity index is 281. The molecule has 0 saturated heterocycles. The molecule has 5 nitrogen and oxygen atoms in total. The zero-order valence-electron chi connectivity index (χ0n) is 8.94. The normalized spacial score (nSPS) is 10.3. The van der Waals surface area contributed by atoms with Crippen LogP contribution in [0.25, 0.3) is 0 Å². The van der Waals surface area contributed by atoms with E-state index in [0.29, 0.717) is 13.2 Å². The van der Waals surface area contributed by atoms with Crippen molar-refractivity contribution in [1.82, 2.24) is 10.2 Å². The van der Waals surface area contributed by atoms with Gasteiger partial charge in [0, 0.05) is 13.2 Å². The second-order valence-corrected chi connectivity index (χ2v) is 3.23. The van der Waals surface area contributed by atoms with Crippen LogP contribution in [0.4, 0.5) is 5.82 Å². The van der Waals surface area contributed by atoms with E-state index in [1.54, 1.807) is 6.20 Å². The van der Waals surface area contributed by atoms with E-state index in [2.05, 4.69) is 15.5 Å². The lowest BCUT2D eigenvalue weighted by atomic mass is 10.3. The average molecular weight is 211 g/mol. The fourth-order valence-corrected chi connectivity index (χ4v) is 1.11. The second-order valence-electron chi connectivity index (χ2n) is 3.23. The molecule has 0 radical (unpaired) electrons. The van der Waals surface area contributed by atoms with E-state index in [-0.39, 0.29) is 6.61 Å². The number of ether oxygens (including phenoxy) is 1. The molecule has 15 heavy (non-hydrogen) atoms. The average Bonchev–Trinajstić information content (AvgIpc) is 2.23. The lowest BCUT2D eigenvalue weighted by molar-refractivity contribution is 0.0922. The van der Waals surface area contributed by atoms with Gasteiger partial charge in [-0.25, -0.2) is 0 Å². The Morgan fingerprint density at radius 3 is 3.07 bits per heavy atom. The summed E-state index contributed by atoms with van der Waals surface area (Å²) in [5, 5.41) is 19.4. The molecule has 2 N–H and O–H groups in total. The SMILES string of the molecule is Cc1cnnc(NCCCOCCO)c1. The lowest BCUT2D eigenvalue weighted by Crippen LogP contribution is -2.08. The quantitative estimate of drug-likeness (QED) is 0.646. The van der Waals surface area contributed by atoms with Gasteiger partial charge in [-0.1, -0.05) is 0 Å². The molecule has 0 spiro atoms. The Hall–Kier alpha value is -1.20. The minimum absolute atomic E-state index is 0.0801. The van der Waals surface area contributed by atoms with E-state index >= 15 is 0 Å². The number of aliphatic hydroxyl groups excluding tert-OH is 1. The molecular formula is C10H17N3O2. The van der Waals surface area contributed by atoms with E-state index in [0.717, 1.165) is 24.3 Å². The molecule has 0 atom stereocenters. The molecule has 0 unspecified atom stereocenters. The summed E-state index contributed by atoms with van der Waals surface area (Å²) in [6.45, 7) is 3.90. The first-order valence-corrected chi connectivity index (χ1v) is 5.04. The minimum atomic E-state index is 0.0801. The van der Waals surface area contributed by atoms with Crippen LogP contribution in [0.5, 0.6) is 0 Å². The van der Waals surface area contributed by atoms with Gasteiger partial charge in [0.25, 0.3) is 0 Å². The van der Waals surface area contributed by atoms with Crippen molar-refractivity contribution in [2.75, 3.05) is 31.7 Å². The van der Waals surface area contributed by atoms with Crippen LogP contribution in [0.15, 0.2) is 12.3 Å². The largest absolute Gasteiger partial charge is 0.394 e. The molecule has 0 aliphatic rings. The maximum absolute atomic E-state index is 8.47. The Morgan fingerprint density at radius 1 is 1.47 bits per heavy atom. The van der Waals surface area contributed by atoms with E-state index in [9.17, 15) is 0 Å². The van der Waals surface area contributed by atoms with Gasteiger partial charge in [-0.05, 0) is 25.0 Å².